The molecule has 2 N–H and O–H groups in total. The second-order valence-corrected chi connectivity index (χ2v) is 15.1. The van der Waals surface area contributed by atoms with Crippen LogP contribution in [0.15, 0.2) is 60.7 Å². The Bertz CT molecular complexity index is 768. The maximum Gasteiger partial charge on any atom is 0.716 e. The monoisotopic (exact) mass is 484 g/mol. The zero-order valence-electron chi connectivity index (χ0n) is 22.8. The van der Waals surface area contributed by atoms with Crippen molar-refractivity contribution < 1.29 is 14.7 Å². The molecule has 0 heterocycles. The second kappa shape index (κ2) is 16.3. The third-order valence-corrected chi connectivity index (χ3v) is 12.1. The Morgan fingerprint density at radius 3 is 1.21 bits per heavy atom. The highest BCUT2D eigenvalue weighted by atomic mass is 28.3. The fourth-order valence-electron chi connectivity index (χ4n) is 4.06. The van der Waals surface area contributed by atoms with Crippen molar-refractivity contribution in [2.24, 2.45) is 0 Å². The van der Waals surface area contributed by atoms with Gasteiger partial charge in [-0.1, -0.05) is 83.5 Å². The van der Waals surface area contributed by atoms with Gasteiger partial charge < -0.3 is 24.5 Å². The fourth-order valence-corrected chi connectivity index (χ4v) is 9.16. The minimum atomic E-state index is -1.80. The minimum Gasteiger partial charge on any atom is -0.463 e. The highest BCUT2D eigenvalue weighted by Crippen LogP contribution is 2.40. The van der Waals surface area contributed by atoms with E-state index in [2.05, 4.69) is 91.9 Å². The molecule has 2 rings (SSSR count). The first-order valence-electron chi connectivity index (χ1n) is 11.8. The van der Waals surface area contributed by atoms with Gasteiger partial charge in [0.15, 0.2) is 0 Å². The average molecular weight is 485 g/mol. The van der Waals surface area contributed by atoms with E-state index in [9.17, 15) is 0 Å². The molecule has 0 amide bonds. The van der Waals surface area contributed by atoms with E-state index in [-0.39, 0.29) is 0 Å². The van der Waals surface area contributed by atoms with Gasteiger partial charge in [-0.05, 0) is 40.9 Å². The third kappa shape index (κ3) is 11.2. The van der Waals surface area contributed by atoms with Crippen LogP contribution in [0.5, 0.6) is 0 Å². The number of benzene rings is 2. The molecule has 5 nitrogen and oxygen atoms in total. The summed E-state index contributed by atoms with van der Waals surface area (Å²) in [4.78, 5) is 4.17. The fraction of sp³-hybridized carbons (Fsp3) is 0.481. The van der Waals surface area contributed by atoms with Gasteiger partial charge in [0.25, 0.3) is 0 Å². The standard InChI is InChI=1S/C11H23BO3Si.2C8H11N/c1-9(2)16(10(3)4,11(5)6)8-7-15-12(13)14;2*1-9(2)8-6-4-3-5-7-8/h9-11,13-14H,1-6H3;2*3-7H,1-2H3. The largest absolute Gasteiger partial charge is 0.716 e. The van der Waals surface area contributed by atoms with Gasteiger partial charge in [-0.15, -0.1) is 0 Å². The molecule has 0 spiro atoms. The first-order chi connectivity index (χ1) is 15.9. The molecular formula is C27H45BN2O3Si. The summed E-state index contributed by atoms with van der Waals surface area (Å²) < 4.78 is 4.53. The molecule has 0 radical (unpaired) electrons. The molecule has 0 aliphatic heterocycles. The molecule has 7 heteroatoms. The molecule has 0 unspecified atom stereocenters. The lowest BCUT2D eigenvalue weighted by Gasteiger charge is -2.37. The van der Waals surface area contributed by atoms with Crippen LogP contribution >= 0.6 is 0 Å². The maximum atomic E-state index is 8.61. The third-order valence-electron chi connectivity index (χ3n) is 5.84. The predicted octanol–water partition coefficient (Wildman–Crippen LogP) is 5.66. The number of hydrogen-bond donors (Lipinski definition) is 2. The van der Waals surface area contributed by atoms with Gasteiger partial charge in [-0.2, -0.15) is 0 Å². The Morgan fingerprint density at radius 1 is 0.676 bits per heavy atom. The molecule has 0 saturated carbocycles. The van der Waals surface area contributed by atoms with Crippen LogP contribution in [-0.4, -0.2) is 53.6 Å². The van der Waals surface area contributed by atoms with E-state index in [1.165, 1.54) is 11.4 Å². The topological polar surface area (TPSA) is 56.2 Å². The summed E-state index contributed by atoms with van der Waals surface area (Å²) in [7, 11) is 4.55. The number of anilines is 2. The van der Waals surface area contributed by atoms with E-state index in [0.29, 0.717) is 16.6 Å². The van der Waals surface area contributed by atoms with Crippen LogP contribution in [0.3, 0.4) is 0 Å². The quantitative estimate of drug-likeness (QED) is 0.410. The Kier molecular flexibility index (Phi) is 15.1. The maximum absolute atomic E-state index is 8.61. The molecule has 2 aromatic rings. The SMILES string of the molecule is CC(C)[Si](C#COB(O)O)(C(C)C)C(C)C.CN(C)c1ccccc1.CN(C)c1ccccc1. The van der Waals surface area contributed by atoms with Crippen LogP contribution in [0, 0.1) is 11.7 Å². The summed E-state index contributed by atoms with van der Waals surface area (Å²) in [6.07, 6.45) is 2.48. The number of hydrogen-bond acceptors (Lipinski definition) is 5. The number of rotatable bonds is 6. The molecule has 0 aromatic heterocycles. The lowest BCUT2D eigenvalue weighted by Crippen LogP contribution is -2.43. The number of para-hydroxylation sites is 2. The van der Waals surface area contributed by atoms with Gasteiger partial charge in [0, 0.05) is 39.6 Å². The van der Waals surface area contributed by atoms with Gasteiger partial charge in [-0.25, -0.2) is 0 Å². The molecule has 188 valence electrons. The van der Waals surface area contributed by atoms with Crippen molar-refractivity contribution >= 4 is 26.8 Å². The van der Waals surface area contributed by atoms with Gasteiger partial charge >= 0.3 is 7.32 Å². The first kappa shape index (κ1) is 31.6. The van der Waals surface area contributed by atoms with Crippen LogP contribution < -0.4 is 9.80 Å². The zero-order chi connectivity index (χ0) is 26.3. The Balaban J connectivity index is 0.000000513. The van der Waals surface area contributed by atoms with Gasteiger partial charge in [0.1, 0.15) is 8.07 Å². The minimum absolute atomic E-state index is 0.513. The zero-order valence-corrected chi connectivity index (χ0v) is 23.8. The molecule has 0 bridgehead atoms. The van der Waals surface area contributed by atoms with Crippen molar-refractivity contribution in [2.75, 3.05) is 38.0 Å². The summed E-state index contributed by atoms with van der Waals surface area (Å²) in [6, 6.07) is 20.5. The Morgan fingerprint density at radius 2 is 1.00 bits per heavy atom. The van der Waals surface area contributed by atoms with E-state index in [0.717, 1.165) is 0 Å². The summed E-state index contributed by atoms with van der Waals surface area (Å²) in [5, 5.41) is 17.2. The summed E-state index contributed by atoms with van der Waals surface area (Å²) >= 11 is 0. The lowest BCUT2D eigenvalue weighted by molar-refractivity contribution is 0.271. The molecule has 0 fully saturated rings. The first-order valence-corrected chi connectivity index (χ1v) is 14.1. The summed E-state index contributed by atoms with van der Waals surface area (Å²) in [5.41, 5.74) is 7.25. The molecule has 0 atom stereocenters. The highest BCUT2D eigenvalue weighted by molar-refractivity contribution is 6.90. The van der Waals surface area contributed by atoms with Crippen molar-refractivity contribution in [3.63, 3.8) is 0 Å². The lowest BCUT2D eigenvalue weighted by atomic mass is 10.3. The Labute approximate surface area is 210 Å². The van der Waals surface area contributed by atoms with E-state index in [1.807, 2.05) is 64.6 Å². The van der Waals surface area contributed by atoms with E-state index in [1.54, 1.807) is 0 Å². The second-order valence-electron chi connectivity index (χ2n) is 9.53. The average Bonchev–Trinajstić information content (AvgIpc) is 2.78. The van der Waals surface area contributed by atoms with Gasteiger partial charge in [0.05, 0.1) is 6.11 Å². The van der Waals surface area contributed by atoms with Crippen molar-refractivity contribution in [3.05, 3.63) is 60.7 Å². The molecule has 0 saturated heterocycles. The van der Waals surface area contributed by atoms with Crippen LogP contribution in [0.1, 0.15) is 41.5 Å². The normalized spacial score (nSPS) is 10.3. The van der Waals surface area contributed by atoms with E-state index < -0.39 is 15.4 Å². The highest BCUT2D eigenvalue weighted by Gasteiger charge is 2.42. The van der Waals surface area contributed by atoms with Crippen molar-refractivity contribution in [2.45, 2.75) is 58.2 Å². The molecule has 2 aromatic carbocycles. The molecular weight excluding hydrogens is 439 g/mol. The van der Waals surface area contributed by atoms with Gasteiger partial charge in [0.2, 0.25) is 0 Å². The summed E-state index contributed by atoms with van der Waals surface area (Å²) in [5.74, 6) is 0. The van der Waals surface area contributed by atoms with Crippen LogP contribution in [0.25, 0.3) is 0 Å². The molecule has 34 heavy (non-hydrogen) atoms. The van der Waals surface area contributed by atoms with E-state index in [4.69, 9.17) is 10.0 Å². The van der Waals surface area contributed by atoms with Crippen molar-refractivity contribution in [3.8, 4) is 11.7 Å². The summed E-state index contributed by atoms with van der Waals surface area (Å²) in [6.45, 7) is 13.1. The van der Waals surface area contributed by atoms with E-state index >= 15 is 0 Å². The van der Waals surface area contributed by atoms with Crippen LogP contribution in [0.4, 0.5) is 11.4 Å². The molecule has 0 aliphatic carbocycles. The smallest absolute Gasteiger partial charge is 0.463 e. The van der Waals surface area contributed by atoms with Crippen LogP contribution in [-0.2, 0) is 4.65 Å². The van der Waals surface area contributed by atoms with Crippen molar-refractivity contribution in [1.29, 1.82) is 0 Å². The van der Waals surface area contributed by atoms with Crippen molar-refractivity contribution in [1.82, 2.24) is 0 Å². The van der Waals surface area contributed by atoms with Gasteiger partial charge in [-0.3, -0.25) is 0 Å². The van der Waals surface area contributed by atoms with Crippen LogP contribution in [0.2, 0.25) is 16.6 Å². The Hall–Kier alpha value is -2.40. The predicted molar refractivity (Wildman–Crippen MR) is 152 cm³/mol. The number of nitrogens with zero attached hydrogens (tertiary/aromatic N) is 2. The molecule has 0 aliphatic rings.